The summed E-state index contributed by atoms with van der Waals surface area (Å²) in [5, 5.41) is 1.67. The number of fused-ring (bicyclic) bond motifs is 1. The predicted octanol–water partition coefficient (Wildman–Crippen LogP) is 9.59. The van der Waals surface area contributed by atoms with Crippen molar-refractivity contribution in [2.75, 3.05) is 6.61 Å². The molecule has 0 aromatic heterocycles. The summed E-state index contributed by atoms with van der Waals surface area (Å²) in [5.41, 5.74) is 1.39. The zero-order valence-electron chi connectivity index (χ0n) is 20.8. The van der Waals surface area contributed by atoms with Crippen LogP contribution in [0.15, 0.2) is 42.5 Å². The van der Waals surface area contributed by atoms with Gasteiger partial charge in [0.05, 0.1) is 6.61 Å². The van der Waals surface area contributed by atoms with Crippen LogP contribution in [-0.4, -0.2) is 6.61 Å². The van der Waals surface area contributed by atoms with Gasteiger partial charge in [-0.1, -0.05) is 74.9 Å². The summed E-state index contributed by atoms with van der Waals surface area (Å²) in [5.74, 6) is 3.65. The van der Waals surface area contributed by atoms with Crippen LogP contribution in [0.5, 0.6) is 5.75 Å². The van der Waals surface area contributed by atoms with E-state index in [0.29, 0.717) is 23.7 Å². The molecule has 180 valence electrons. The van der Waals surface area contributed by atoms with Crippen molar-refractivity contribution < 1.29 is 9.13 Å². The van der Waals surface area contributed by atoms with Crippen LogP contribution >= 0.6 is 0 Å². The topological polar surface area (TPSA) is 9.23 Å². The lowest BCUT2D eigenvalue weighted by atomic mass is 9.74. The summed E-state index contributed by atoms with van der Waals surface area (Å²) in [4.78, 5) is 0. The Morgan fingerprint density at radius 2 is 1.48 bits per heavy atom. The molecule has 0 spiro atoms. The second-order valence-corrected chi connectivity index (χ2v) is 10.6. The zero-order valence-corrected chi connectivity index (χ0v) is 20.8. The highest BCUT2D eigenvalue weighted by Crippen LogP contribution is 2.41. The molecule has 2 aromatic carbocycles. The first-order chi connectivity index (χ1) is 16.2. The summed E-state index contributed by atoms with van der Waals surface area (Å²) in [6, 6.07) is 10.1. The van der Waals surface area contributed by atoms with Gasteiger partial charge in [0.25, 0.3) is 0 Å². The fourth-order valence-corrected chi connectivity index (χ4v) is 6.37. The quantitative estimate of drug-likeness (QED) is 0.345. The third-order valence-electron chi connectivity index (χ3n) is 8.49. The molecule has 2 aliphatic carbocycles. The predicted molar refractivity (Wildman–Crippen MR) is 139 cm³/mol. The van der Waals surface area contributed by atoms with E-state index in [0.717, 1.165) is 23.1 Å². The third kappa shape index (κ3) is 6.40. The number of allylic oxidation sites excluding steroid dienone is 2. The Kier molecular flexibility index (Phi) is 8.87. The van der Waals surface area contributed by atoms with Crippen molar-refractivity contribution in [3.63, 3.8) is 0 Å². The maximum Gasteiger partial charge on any atom is 0.172 e. The van der Waals surface area contributed by atoms with Crippen LogP contribution < -0.4 is 4.74 Å². The molecule has 2 aliphatic rings. The lowest BCUT2D eigenvalue weighted by molar-refractivity contribution is 0.225. The number of hydrogen-bond donors (Lipinski definition) is 0. The van der Waals surface area contributed by atoms with Crippen LogP contribution in [0.2, 0.25) is 0 Å². The lowest BCUT2D eigenvalue weighted by Crippen LogP contribution is -2.17. The fraction of sp³-hybridized carbons (Fsp3) is 0.613. The molecular weight excluding hydrogens is 407 g/mol. The smallest absolute Gasteiger partial charge is 0.172 e. The highest BCUT2D eigenvalue weighted by atomic mass is 19.1. The number of rotatable bonds is 9. The van der Waals surface area contributed by atoms with Crippen molar-refractivity contribution in [2.45, 2.75) is 96.8 Å². The summed E-state index contributed by atoms with van der Waals surface area (Å²) < 4.78 is 20.1. The lowest BCUT2D eigenvalue weighted by Gasteiger charge is -2.32. The van der Waals surface area contributed by atoms with E-state index in [1.54, 1.807) is 6.07 Å². The third-order valence-corrected chi connectivity index (χ3v) is 8.49. The Bertz CT molecular complexity index is 901. The summed E-state index contributed by atoms with van der Waals surface area (Å²) in [6.45, 7) is 4.51. The van der Waals surface area contributed by atoms with Gasteiger partial charge in [-0.25, -0.2) is 4.39 Å². The van der Waals surface area contributed by atoms with Gasteiger partial charge >= 0.3 is 0 Å². The van der Waals surface area contributed by atoms with E-state index < -0.39 is 0 Å². The first-order valence-electron chi connectivity index (χ1n) is 13.6. The summed E-state index contributed by atoms with van der Waals surface area (Å²) in [6.07, 6.45) is 21.2. The molecule has 0 radical (unpaired) electrons. The van der Waals surface area contributed by atoms with Crippen molar-refractivity contribution in [3.8, 4) is 5.75 Å². The Hall–Kier alpha value is -1.83. The maximum atomic E-state index is 14.7. The van der Waals surface area contributed by atoms with Crippen molar-refractivity contribution in [2.24, 2.45) is 17.8 Å². The Balaban J connectivity index is 1.22. The van der Waals surface area contributed by atoms with Crippen molar-refractivity contribution in [1.82, 2.24) is 0 Å². The minimum absolute atomic E-state index is 0.226. The average Bonchev–Trinajstić information content (AvgIpc) is 2.86. The van der Waals surface area contributed by atoms with E-state index in [4.69, 9.17) is 4.74 Å². The molecule has 0 unspecified atom stereocenters. The summed E-state index contributed by atoms with van der Waals surface area (Å²) in [7, 11) is 0. The molecule has 0 atom stereocenters. The van der Waals surface area contributed by atoms with Crippen LogP contribution in [0.4, 0.5) is 4.39 Å². The van der Waals surface area contributed by atoms with Gasteiger partial charge in [0, 0.05) is 5.39 Å². The number of halogens is 1. The van der Waals surface area contributed by atoms with E-state index in [1.165, 1.54) is 82.6 Å². The van der Waals surface area contributed by atoms with Crippen molar-refractivity contribution in [3.05, 3.63) is 53.9 Å². The van der Waals surface area contributed by atoms with Crippen LogP contribution in [0.3, 0.4) is 0 Å². The Morgan fingerprint density at radius 1 is 0.848 bits per heavy atom. The van der Waals surface area contributed by atoms with Gasteiger partial charge in [-0.2, -0.15) is 0 Å². The molecule has 2 aromatic rings. The van der Waals surface area contributed by atoms with Gasteiger partial charge in [-0.15, -0.1) is 0 Å². The molecule has 33 heavy (non-hydrogen) atoms. The standard InChI is InChI=1S/C31H43FO/c1-3-5-6-7-23-8-10-24(11-9-23)12-13-25-14-16-26(17-15-25)27-18-20-29-28(22-27)19-21-30(31(29)32)33-4-2/h3,5,18-26H,4,6-17H2,1-2H3/b5-3+. The monoisotopic (exact) mass is 450 g/mol. The number of ether oxygens (including phenoxy) is 1. The zero-order chi connectivity index (χ0) is 23.0. The Labute approximate surface area is 200 Å². The van der Waals surface area contributed by atoms with E-state index >= 15 is 0 Å². The minimum atomic E-state index is -0.226. The maximum absolute atomic E-state index is 14.7. The number of hydrogen-bond acceptors (Lipinski definition) is 1. The molecule has 0 aliphatic heterocycles. The molecule has 0 saturated heterocycles. The fourth-order valence-electron chi connectivity index (χ4n) is 6.37. The van der Waals surface area contributed by atoms with Crippen LogP contribution in [0, 0.1) is 23.6 Å². The van der Waals surface area contributed by atoms with E-state index in [-0.39, 0.29) is 5.82 Å². The Morgan fingerprint density at radius 3 is 2.12 bits per heavy atom. The van der Waals surface area contributed by atoms with Crippen LogP contribution in [0.25, 0.3) is 10.8 Å². The molecule has 0 bridgehead atoms. The minimum Gasteiger partial charge on any atom is -0.491 e. The normalized spacial score (nSPS) is 26.2. The molecule has 0 heterocycles. The molecule has 2 heteroatoms. The highest BCUT2D eigenvalue weighted by Gasteiger charge is 2.25. The van der Waals surface area contributed by atoms with Crippen LogP contribution in [0.1, 0.15) is 102 Å². The van der Waals surface area contributed by atoms with E-state index in [2.05, 4.69) is 31.2 Å². The van der Waals surface area contributed by atoms with Gasteiger partial charge in [0.2, 0.25) is 0 Å². The molecule has 2 saturated carbocycles. The van der Waals surface area contributed by atoms with Crippen molar-refractivity contribution >= 4 is 10.8 Å². The first-order valence-corrected chi connectivity index (χ1v) is 13.6. The molecule has 2 fully saturated rings. The van der Waals surface area contributed by atoms with Gasteiger partial charge in [-0.05, 0) is 93.1 Å². The van der Waals surface area contributed by atoms with Gasteiger partial charge < -0.3 is 4.74 Å². The number of benzene rings is 2. The largest absolute Gasteiger partial charge is 0.491 e. The van der Waals surface area contributed by atoms with Gasteiger partial charge in [0.15, 0.2) is 11.6 Å². The van der Waals surface area contributed by atoms with Gasteiger partial charge in [-0.3, -0.25) is 0 Å². The first kappa shape index (κ1) is 24.3. The summed E-state index contributed by atoms with van der Waals surface area (Å²) >= 11 is 0. The molecule has 1 nitrogen and oxygen atoms in total. The SMILES string of the molecule is C/C=C/CCC1CCC(CCC2CCC(c3ccc4c(F)c(OCC)ccc4c3)CC2)CC1. The molecule has 0 amide bonds. The van der Waals surface area contributed by atoms with Crippen LogP contribution in [-0.2, 0) is 0 Å². The highest BCUT2D eigenvalue weighted by molar-refractivity contribution is 5.85. The van der Waals surface area contributed by atoms with Gasteiger partial charge in [0.1, 0.15) is 0 Å². The molecule has 4 rings (SSSR count). The van der Waals surface area contributed by atoms with Crippen molar-refractivity contribution in [1.29, 1.82) is 0 Å². The molecule has 0 N–H and O–H groups in total. The van der Waals surface area contributed by atoms with E-state index in [9.17, 15) is 4.39 Å². The average molecular weight is 451 g/mol. The molecular formula is C31H43FO. The second kappa shape index (κ2) is 12.0. The second-order valence-electron chi connectivity index (χ2n) is 10.6. The van der Waals surface area contributed by atoms with E-state index in [1.807, 2.05) is 19.1 Å².